The zero-order valence-electron chi connectivity index (χ0n) is 31.5. The van der Waals surface area contributed by atoms with E-state index in [0.717, 1.165) is 25.2 Å². The van der Waals surface area contributed by atoms with Gasteiger partial charge in [0.1, 0.15) is 0 Å². The van der Waals surface area contributed by atoms with Crippen molar-refractivity contribution in [3.8, 4) is 0 Å². The number of hydrogen-bond donors (Lipinski definition) is 0. The summed E-state index contributed by atoms with van der Waals surface area (Å²) in [5.41, 5.74) is 0. The molecule has 0 spiro atoms. The molecule has 0 amide bonds. The molecule has 0 aromatic rings. The molecule has 0 rings (SSSR count). The second-order valence-electron chi connectivity index (χ2n) is 14.6. The predicted octanol–water partition coefficient (Wildman–Crippen LogP) is 15.4. The van der Waals surface area contributed by atoms with E-state index in [1.54, 1.807) is 0 Å². The quantitative estimate of drug-likeness (QED) is 0.0384. The molecule has 45 heavy (non-hydrogen) atoms. The molecule has 0 aliphatic rings. The minimum atomic E-state index is 0.0169. The summed E-state index contributed by atoms with van der Waals surface area (Å²) in [4.78, 5) is 11.9. The molecule has 0 fully saturated rings. The Bertz CT molecular complexity index is 582. The Morgan fingerprint density at radius 3 is 1.24 bits per heavy atom. The number of rotatable bonds is 38. The van der Waals surface area contributed by atoms with Gasteiger partial charge in [0.05, 0.1) is 6.61 Å². The fourth-order valence-corrected chi connectivity index (χ4v) is 6.39. The number of allylic oxidation sites excluding steroid dienone is 2. The standard InChI is InChI=1S/C43H84O2/c1-4-6-7-8-9-10-24-28-31-34-37-40-43(44)45-41-38-35-32-29-26-23-21-19-17-15-13-11-12-14-16-18-20-22-25-27-30-33-36-39-42(3)5-2/h8-9,42H,4-7,10-41H2,1-3H3/b9-8-. The van der Waals surface area contributed by atoms with Crippen LogP contribution < -0.4 is 0 Å². The van der Waals surface area contributed by atoms with Crippen LogP contribution in [0.25, 0.3) is 0 Å². The maximum atomic E-state index is 11.9. The predicted molar refractivity (Wildman–Crippen MR) is 202 cm³/mol. The third-order valence-corrected chi connectivity index (χ3v) is 9.94. The summed E-state index contributed by atoms with van der Waals surface area (Å²) in [6.45, 7) is 7.59. The summed E-state index contributed by atoms with van der Waals surface area (Å²) in [7, 11) is 0. The van der Waals surface area contributed by atoms with Gasteiger partial charge in [-0.05, 0) is 38.0 Å². The van der Waals surface area contributed by atoms with Crippen molar-refractivity contribution in [3.05, 3.63) is 12.2 Å². The topological polar surface area (TPSA) is 26.3 Å². The number of carbonyl (C=O) groups excluding carboxylic acids is 1. The van der Waals surface area contributed by atoms with Crippen LogP contribution in [0.1, 0.15) is 245 Å². The Morgan fingerprint density at radius 1 is 0.467 bits per heavy atom. The minimum absolute atomic E-state index is 0.0169. The fraction of sp³-hybridized carbons (Fsp3) is 0.930. The first-order valence-electron chi connectivity index (χ1n) is 21.0. The van der Waals surface area contributed by atoms with Gasteiger partial charge in [-0.1, -0.05) is 219 Å². The molecule has 0 aromatic carbocycles. The number of carbonyl (C=O) groups is 1. The van der Waals surface area contributed by atoms with E-state index < -0.39 is 0 Å². The molecule has 1 unspecified atom stereocenters. The Kier molecular flexibility index (Phi) is 38.7. The van der Waals surface area contributed by atoms with Crippen molar-refractivity contribution < 1.29 is 9.53 Å². The van der Waals surface area contributed by atoms with E-state index in [0.29, 0.717) is 13.0 Å². The second-order valence-corrected chi connectivity index (χ2v) is 14.6. The van der Waals surface area contributed by atoms with Gasteiger partial charge in [-0.2, -0.15) is 0 Å². The Morgan fingerprint density at radius 2 is 0.822 bits per heavy atom. The van der Waals surface area contributed by atoms with Gasteiger partial charge in [0, 0.05) is 6.42 Å². The molecule has 2 heteroatoms. The molecule has 0 radical (unpaired) electrons. The fourth-order valence-electron chi connectivity index (χ4n) is 6.39. The molecular formula is C43H84O2. The van der Waals surface area contributed by atoms with Crippen LogP contribution in [-0.2, 0) is 9.53 Å². The van der Waals surface area contributed by atoms with Crippen LogP contribution in [0.4, 0.5) is 0 Å². The summed E-state index contributed by atoms with van der Waals surface area (Å²) in [6, 6.07) is 0. The Labute approximate surface area is 285 Å². The van der Waals surface area contributed by atoms with E-state index >= 15 is 0 Å². The highest BCUT2D eigenvalue weighted by Gasteiger charge is 2.03. The first-order valence-corrected chi connectivity index (χ1v) is 21.0. The molecule has 2 nitrogen and oxygen atoms in total. The number of hydrogen-bond acceptors (Lipinski definition) is 2. The average molecular weight is 633 g/mol. The first-order chi connectivity index (χ1) is 22.2. The van der Waals surface area contributed by atoms with Crippen molar-refractivity contribution in [2.24, 2.45) is 5.92 Å². The van der Waals surface area contributed by atoms with E-state index in [1.807, 2.05) is 0 Å². The van der Waals surface area contributed by atoms with E-state index in [-0.39, 0.29) is 5.97 Å². The van der Waals surface area contributed by atoms with Gasteiger partial charge in [0.25, 0.3) is 0 Å². The van der Waals surface area contributed by atoms with Crippen LogP contribution in [0.15, 0.2) is 12.2 Å². The van der Waals surface area contributed by atoms with Crippen LogP contribution in [0.3, 0.4) is 0 Å². The van der Waals surface area contributed by atoms with Crippen LogP contribution >= 0.6 is 0 Å². The minimum Gasteiger partial charge on any atom is -0.466 e. The second kappa shape index (κ2) is 39.4. The van der Waals surface area contributed by atoms with Crippen molar-refractivity contribution >= 4 is 5.97 Å². The lowest BCUT2D eigenvalue weighted by molar-refractivity contribution is -0.143. The maximum absolute atomic E-state index is 11.9. The molecule has 0 N–H and O–H groups in total. The summed E-state index contributed by atoms with van der Waals surface area (Å²) in [5.74, 6) is 0.954. The highest BCUT2D eigenvalue weighted by atomic mass is 16.5. The molecule has 268 valence electrons. The van der Waals surface area contributed by atoms with Gasteiger partial charge in [-0.15, -0.1) is 0 Å². The summed E-state index contributed by atoms with van der Waals surface area (Å²) in [6.07, 6.45) is 51.6. The lowest BCUT2D eigenvalue weighted by Crippen LogP contribution is -2.05. The molecule has 0 aliphatic carbocycles. The lowest BCUT2D eigenvalue weighted by Gasteiger charge is -2.07. The van der Waals surface area contributed by atoms with Crippen molar-refractivity contribution in [2.75, 3.05) is 6.61 Å². The van der Waals surface area contributed by atoms with Crippen molar-refractivity contribution in [1.29, 1.82) is 0 Å². The summed E-state index contributed by atoms with van der Waals surface area (Å²) >= 11 is 0. The van der Waals surface area contributed by atoms with Crippen molar-refractivity contribution in [2.45, 2.75) is 245 Å². The zero-order valence-corrected chi connectivity index (χ0v) is 31.5. The van der Waals surface area contributed by atoms with Crippen LogP contribution in [0, 0.1) is 5.92 Å². The SMILES string of the molecule is CCCC/C=C\CCCCCCCC(=O)OCCCCCCCCCCCCCCCCCCCCCCCCCC(C)CC. The third kappa shape index (κ3) is 39.3. The largest absolute Gasteiger partial charge is 0.466 e. The van der Waals surface area contributed by atoms with Crippen molar-refractivity contribution in [3.63, 3.8) is 0 Å². The van der Waals surface area contributed by atoms with E-state index in [2.05, 4.69) is 32.9 Å². The van der Waals surface area contributed by atoms with E-state index in [1.165, 1.54) is 199 Å². The third-order valence-electron chi connectivity index (χ3n) is 9.94. The van der Waals surface area contributed by atoms with Gasteiger partial charge in [0.15, 0.2) is 0 Å². The summed E-state index contributed by atoms with van der Waals surface area (Å²) in [5, 5.41) is 0. The van der Waals surface area contributed by atoms with Crippen LogP contribution in [0.5, 0.6) is 0 Å². The molecule has 0 saturated heterocycles. The van der Waals surface area contributed by atoms with Crippen LogP contribution in [-0.4, -0.2) is 12.6 Å². The first kappa shape index (κ1) is 44.2. The Hall–Kier alpha value is -0.790. The average Bonchev–Trinajstić information content (AvgIpc) is 3.05. The number of esters is 1. The molecule has 0 bridgehead atoms. The molecular weight excluding hydrogens is 548 g/mol. The molecule has 0 saturated carbocycles. The van der Waals surface area contributed by atoms with Gasteiger partial charge >= 0.3 is 5.97 Å². The molecule has 0 aromatic heterocycles. The monoisotopic (exact) mass is 633 g/mol. The molecule has 0 heterocycles. The maximum Gasteiger partial charge on any atom is 0.305 e. The van der Waals surface area contributed by atoms with E-state index in [9.17, 15) is 4.79 Å². The molecule has 0 aliphatic heterocycles. The van der Waals surface area contributed by atoms with Crippen molar-refractivity contribution in [1.82, 2.24) is 0 Å². The van der Waals surface area contributed by atoms with Crippen LogP contribution in [0.2, 0.25) is 0 Å². The van der Waals surface area contributed by atoms with Gasteiger partial charge in [-0.3, -0.25) is 4.79 Å². The highest BCUT2D eigenvalue weighted by Crippen LogP contribution is 2.17. The Balaban J connectivity index is 3.15. The number of unbranched alkanes of at least 4 members (excludes halogenated alkanes) is 29. The zero-order chi connectivity index (χ0) is 32.7. The normalized spacial score (nSPS) is 12.3. The van der Waals surface area contributed by atoms with Gasteiger partial charge < -0.3 is 4.74 Å². The smallest absolute Gasteiger partial charge is 0.305 e. The highest BCUT2D eigenvalue weighted by molar-refractivity contribution is 5.69. The van der Waals surface area contributed by atoms with Gasteiger partial charge in [0.2, 0.25) is 0 Å². The molecule has 1 atom stereocenters. The number of ether oxygens (including phenoxy) is 1. The van der Waals surface area contributed by atoms with E-state index in [4.69, 9.17) is 4.74 Å². The summed E-state index contributed by atoms with van der Waals surface area (Å²) < 4.78 is 5.44. The lowest BCUT2D eigenvalue weighted by atomic mass is 9.99. The van der Waals surface area contributed by atoms with Gasteiger partial charge in [-0.25, -0.2) is 0 Å².